The van der Waals surface area contributed by atoms with Crippen molar-refractivity contribution in [3.63, 3.8) is 0 Å². The molecule has 1 atom stereocenters. The van der Waals surface area contributed by atoms with Crippen LogP contribution in [0, 0.1) is 12.7 Å². The number of methoxy groups -OCH3 is 1. The van der Waals surface area contributed by atoms with Crippen LogP contribution in [-0.2, 0) is 6.61 Å². The normalized spacial score (nSPS) is 12.0. The first-order chi connectivity index (χ1) is 10.0. The molecule has 0 aliphatic heterocycles. The van der Waals surface area contributed by atoms with Crippen LogP contribution in [0.4, 0.5) is 4.39 Å². The molecule has 0 aromatic heterocycles. The maximum absolute atomic E-state index is 13.9. The van der Waals surface area contributed by atoms with E-state index in [0.717, 1.165) is 5.56 Å². The SMILES string of the molecule is COc1ccc(COc2cc(C)ccc2[C@@H](C)O)c(F)c1. The zero-order valence-electron chi connectivity index (χ0n) is 12.4. The highest BCUT2D eigenvalue weighted by molar-refractivity contribution is 5.39. The summed E-state index contributed by atoms with van der Waals surface area (Å²) in [6.07, 6.45) is -0.638. The van der Waals surface area contributed by atoms with Gasteiger partial charge in [0.05, 0.1) is 13.2 Å². The molecular weight excluding hydrogens is 271 g/mol. The third kappa shape index (κ3) is 3.73. The van der Waals surface area contributed by atoms with Gasteiger partial charge in [0.25, 0.3) is 0 Å². The minimum atomic E-state index is -0.638. The summed E-state index contributed by atoms with van der Waals surface area (Å²) in [6, 6.07) is 10.2. The lowest BCUT2D eigenvalue weighted by atomic mass is 10.1. The van der Waals surface area contributed by atoms with E-state index in [0.29, 0.717) is 22.6 Å². The number of hydrogen-bond donors (Lipinski definition) is 1. The van der Waals surface area contributed by atoms with Gasteiger partial charge in [-0.2, -0.15) is 0 Å². The summed E-state index contributed by atoms with van der Waals surface area (Å²) >= 11 is 0. The predicted octanol–water partition coefficient (Wildman–Crippen LogP) is 3.78. The maximum Gasteiger partial charge on any atom is 0.133 e. The molecule has 112 valence electrons. The van der Waals surface area contributed by atoms with E-state index in [2.05, 4.69) is 0 Å². The van der Waals surface area contributed by atoms with Crippen molar-refractivity contribution >= 4 is 0 Å². The summed E-state index contributed by atoms with van der Waals surface area (Å²) in [7, 11) is 1.49. The Kier molecular flexibility index (Phi) is 4.81. The highest BCUT2D eigenvalue weighted by Gasteiger charge is 2.11. The first-order valence-electron chi connectivity index (χ1n) is 6.75. The van der Waals surface area contributed by atoms with Crippen LogP contribution in [0.15, 0.2) is 36.4 Å². The Labute approximate surface area is 124 Å². The summed E-state index contributed by atoms with van der Waals surface area (Å²) in [4.78, 5) is 0. The Hall–Kier alpha value is -2.07. The minimum absolute atomic E-state index is 0.0962. The first-order valence-corrected chi connectivity index (χ1v) is 6.75. The van der Waals surface area contributed by atoms with Crippen molar-refractivity contribution in [1.82, 2.24) is 0 Å². The molecule has 0 fully saturated rings. The molecule has 2 aromatic carbocycles. The van der Waals surface area contributed by atoms with Crippen molar-refractivity contribution in [1.29, 1.82) is 0 Å². The summed E-state index contributed by atoms with van der Waals surface area (Å²) in [5.74, 6) is 0.664. The second-order valence-electron chi connectivity index (χ2n) is 4.96. The van der Waals surface area contributed by atoms with Gasteiger partial charge < -0.3 is 14.6 Å². The third-order valence-electron chi connectivity index (χ3n) is 3.26. The molecule has 0 saturated carbocycles. The van der Waals surface area contributed by atoms with Crippen LogP contribution in [0.25, 0.3) is 0 Å². The Morgan fingerprint density at radius 3 is 2.57 bits per heavy atom. The van der Waals surface area contributed by atoms with Crippen molar-refractivity contribution in [2.75, 3.05) is 7.11 Å². The van der Waals surface area contributed by atoms with Gasteiger partial charge in [0, 0.05) is 17.2 Å². The average Bonchev–Trinajstić information content (AvgIpc) is 2.45. The minimum Gasteiger partial charge on any atom is -0.497 e. The van der Waals surface area contributed by atoms with Gasteiger partial charge in [-0.1, -0.05) is 12.1 Å². The average molecular weight is 290 g/mol. The van der Waals surface area contributed by atoms with Gasteiger partial charge in [-0.05, 0) is 37.6 Å². The standard InChI is InChI=1S/C17H19FO3/c1-11-4-7-15(12(2)19)17(8-11)21-10-13-5-6-14(20-3)9-16(13)18/h4-9,12,19H,10H2,1-3H3/t12-/m1/s1. The van der Waals surface area contributed by atoms with E-state index in [9.17, 15) is 9.50 Å². The molecule has 0 aliphatic carbocycles. The van der Waals surface area contributed by atoms with Gasteiger partial charge in [-0.15, -0.1) is 0 Å². The third-order valence-corrected chi connectivity index (χ3v) is 3.26. The second-order valence-corrected chi connectivity index (χ2v) is 4.96. The van der Waals surface area contributed by atoms with E-state index < -0.39 is 6.10 Å². The zero-order chi connectivity index (χ0) is 15.4. The van der Waals surface area contributed by atoms with Gasteiger partial charge in [-0.25, -0.2) is 4.39 Å². The maximum atomic E-state index is 13.9. The topological polar surface area (TPSA) is 38.7 Å². The Bertz CT molecular complexity index is 623. The van der Waals surface area contributed by atoms with Crippen LogP contribution in [-0.4, -0.2) is 12.2 Å². The number of ether oxygens (including phenoxy) is 2. The summed E-state index contributed by atoms with van der Waals surface area (Å²) in [5, 5.41) is 9.74. The number of halogens is 1. The molecule has 0 radical (unpaired) electrons. The van der Waals surface area contributed by atoms with Crippen LogP contribution >= 0.6 is 0 Å². The van der Waals surface area contributed by atoms with Gasteiger partial charge >= 0.3 is 0 Å². The second kappa shape index (κ2) is 6.59. The quantitative estimate of drug-likeness (QED) is 0.911. The van der Waals surface area contributed by atoms with Crippen molar-refractivity contribution in [3.05, 3.63) is 58.9 Å². The van der Waals surface area contributed by atoms with Crippen LogP contribution in [0.2, 0.25) is 0 Å². The van der Waals surface area contributed by atoms with Crippen molar-refractivity contribution in [3.8, 4) is 11.5 Å². The van der Waals surface area contributed by atoms with Crippen molar-refractivity contribution in [2.45, 2.75) is 26.6 Å². The molecule has 0 aliphatic rings. The smallest absolute Gasteiger partial charge is 0.133 e. The lowest BCUT2D eigenvalue weighted by Crippen LogP contribution is -2.03. The molecular formula is C17H19FO3. The van der Waals surface area contributed by atoms with Crippen LogP contribution < -0.4 is 9.47 Å². The summed E-state index contributed by atoms with van der Waals surface area (Å²) in [5.41, 5.74) is 2.15. The lowest BCUT2D eigenvalue weighted by Gasteiger charge is -2.15. The number of aryl methyl sites for hydroxylation is 1. The molecule has 21 heavy (non-hydrogen) atoms. The van der Waals surface area contributed by atoms with E-state index in [4.69, 9.17) is 9.47 Å². The molecule has 2 rings (SSSR count). The molecule has 0 saturated heterocycles. The van der Waals surface area contributed by atoms with Crippen LogP contribution in [0.1, 0.15) is 29.7 Å². The highest BCUT2D eigenvalue weighted by atomic mass is 19.1. The number of rotatable bonds is 5. The van der Waals surface area contributed by atoms with Gasteiger partial charge in [0.2, 0.25) is 0 Å². The monoisotopic (exact) mass is 290 g/mol. The van der Waals surface area contributed by atoms with Gasteiger partial charge in [0.1, 0.15) is 23.9 Å². The molecule has 0 spiro atoms. The number of aliphatic hydroxyl groups excluding tert-OH is 1. The summed E-state index contributed by atoms with van der Waals surface area (Å²) in [6.45, 7) is 3.71. The van der Waals surface area contributed by atoms with Crippen LogP contribution in [0.3, 0.4) is 0 Å². The van der Waals surface area contributed by atoms with E-state index in [1.165, 1.54) is 13.2 Å². The van der Waals surface area contributed by atoms with E-state index >= 15 is 0 Å². The fraction of sp³-hybridized carbons (Fsp3) is 0.294. The Morgan fingerprint density at radius 1 is 1.19 bits per heavy atom. The van der Waals surface area contributed by atoms with Gasteiger partial charge in [-0.3, -0.25) is 0 Å². The fourth-order valence-electron chi connectivity index (χ4n) is 2.04. The Balaban J connectivity index is 2.18. The molecule has 1 N–H and O–H groups in total. The number of benzene rings is 2. The van der Waals surface area contributed by atoms with Crippen molar-refractivity contribution in [2.24, 2.45) is 0 Å². The molecule has 0 unspecified atom stereocenters. The van der Waals surface area contributed by atoms with E-state index in [-0.39, 0.29) is 12.4 Å². The lowest BCUT2D eigenvalue weighted by molar-refractivity contribution is 0.190. The Morgan fingerprint density at radius 2 is 1.95 bits per heavy atom. The van der Waals surface area contributed by atoms with E-state index in [1.807, 2.05) is 25.1 Å². The molecule has 0 bridgehead atoms. The molecule has 3 nitrogen and oxygen atoms in total. The predicted molar refractivity (Wildman–Crippen MR) is 79.1 cm³/mol. The highest BCUT2D eigenvalue weighted by Crippen LogP contribution is 2.27. The zero-order valence-corrected chi connectivity index (χ0v) is 12.4. The van der Waals surface area contributed by atoms with Gasteiger partial charge in [0.15, 0.2) is 0 Å². The first kappa shape index (κ1) is 15.3. The summed E-state index contributed by atoms with van der Waals surface area (Å²) < 4.78 is 24.5. The molecule has 4 heteroatoms. The number of aliphatic hydroxyl groups is 1. The van der Waals surface area contributed by atoms with Crippen LogP contribution in [0.5, 0.6) is 11.5 Å². The number of hydrogen-bond acceptors (Lipinski definition) is 3. The molecule has 2 aromatic rings. The fourth-order valence-corrected chi connectivity index (χ4v) is 2.04. The molecule has 0 amide bonds. The van der Waals surface area contributed by atoms with E-state index in [1.54, 1.807) is 19.1 Å². The molecule has 0 heterocycles. The van der Waals surface area contributed by atoms with Crippen molar-refractivity contribution < 1.29 is 19.0 Å². The largest absolute Gasteiger partial charge is 0.497 e.